The van der Waals surface area contributed by atoms with E-state index >= 15 is 0 Å². The lowest BCUT2D eigenvalue weighted by molar-refractivity contribution is -0.147. The fourth-order valence-corrected chi connectivity index (χ4v) is 5.22. The molecule has 0 aromatic carbocycles. The molecule has 0 aromatic heterocycles. The molecule has 0 radical (unpaired) electrons. The zero-order valence-corrected chi connectivity index (χ0v) is 26.7. The summed E-state index contributed by atoms with van der Waals surface area (Å²) < 4.78 is 11.7. The SMILES string of the molecule is CCCCCCCCCCCCCCOC[C@@H](OCCCCCCCCCCCCCC)[C@@H](O)[C@H](O)[C@H](O)CO. The van der Waals surface area contributed by atoms with Crippen LogP contribution in [0.4, 0.5) is 0 Å². The molecule has 0 aromatic rings. The summed E-state index contributed by atoms with van der Waals surface area (Å²) in [6.45, 7) is 5.17. The third-order valence-electron chi connectivity index (χ3n) is 8.07. The van der Waals surface area contributed by atoms with Gasteiger partial charge < -0.3 is 29.9 Å². The minimum absolute atomic E-state index is 0.173. The Morgan fingerprint density at radius 3 is 1.18 bits per heavy atom. The first kappa shape index (κ1) is 39.8. The van der Waals surface area contributed by atoms with Gasteiger partial charge >= 0.3 is 0 Å². The van der Waals surface area contributed by atoms with Crippen molar-refractivity contribution >= 4 is 0 Å². The number of aliphatic hydroxyl groups is 4. The molecule has 0 bridgehead atoms. The number of unbranched alkanes of at least 4 members (excludes halogenated alkanes) is 22. The monoisotopic (exact) mass is 575 g/mol. The maximum atomic E-state index is 10.5. The lowest BCUT2D eigenvalue weighted by atomic mass is 10.0. The first-order valence-corrected chi connectivity index (χ1v) is 17.4. The van der Waals surface area contributed by atoms with Crippen LogP contribution in [0.15, 0.2) is 0 Å². The number of aliphatic hydroxyl groups excluding tert-OH is 4. The van der Waals surface area contributed by atoms with Gasteiger partial charge in [0, 0.05) is 13.2 Å². The van der Waals surface area contributed by atoms with Gasteiger partial charge in [0.15, 0.2) is 0 Å². The van der Waals surface area contributed by atoms with E-state index in [1.807, 2.05) is 0 Å². The van der Waals surface area contributed by atoms with Crippen LogP contribution in [0, 0.1) is 0 Å². The van der Waals surface area contributed by atoms with E-state index in [-0.39, 0.29) is 6.61 Å². The van der Waals surface area contributed by atoms with Crippen molar-refractivity contribution in [1.29, 1.82) is 0 Å². The molecular weight excluding hydrogens is 504 g/mol. The first-order valence-electron chi connectivity index (χ1n) is 17.4. The molecule has 0 unspecified atom stereocenters. The Balaban J connectivity index is 3.95. The van der Waals surface area contributed by atoms with Gasteiger partial charge in [0.1, 0.15) is 24.4 Å². The van der Waals surface area contributed by atoms with Crippen molar-refractivity contribution in [3.63, 3.8) is 0 Å². The van der Waals surface area contributed by atoms with Crippen molar-refractivity contribution in [2.45, 2.75) is 192 Å². The molecular formula is C34H70O6. The van der Waals surface area contributed by atoms with Crippen LogP contribution in [0.3, 0.4) is 0 Å². The number of ether oxygens (including phenoxy) is 2. The molecule has 6 nitrogen and oxygen atoms in total. The van der Waals surface area contributed by atoms with Gasteiger partial charge in [-0.15, -0.1) is 0 Å². The summed E-state index contributed by atoms with van der Waals surface area (Å²) in [7, 11) is 0. The summed E-state index contributed by atoms with van der Waals surface area (Å²) >= 11 is 0. The molecule has 0 saturated carbocycles. The number of rotatable bonds is 33. The molecule has 4 N–H and O–H groups in total. The van der Waals surface area contributed by atoms with Crippen molar-refractivity contribution in [2.24, 2.45) is 0 Å². The third kappa shape index (κ3) is 25.5. The van der Waals surface area contributed by atoms with Gasteiger partial charge in [0.05, 0.1) is 13.2 Å². The highest BCUT2D eigenvalue weighted by Crippen LogP contribution is 2.15. The van der Waals surface area contributed by atoms with Crippen LogP contribution in [0.25, 0.3) is 0 Å². The van der Waals surface area contributed by atoms with Crippen LogP contribution in [0.5, 0.6) is 0 Å². The average Bonchev–Trinajstić information content (AvgIpc) is 2.97. The molecule has 0 amide bonds. The smallest absolute Gasteiger partial charge is 0.111 e. The van der Waals surface area contributed by atoms with Gasteiger partial charge in [0.2, 0.25) is 0 Å². The maximum absolute atomic E-state index is 10.5. The molecule has 0 spiro atoms. The van der Waals surface area contributed by atoms with Gasteiger partial charge in [-0.1, -0.05) is 155 Å². The molecule has 0 aliphatic heterocycles. The predicted octanol–water partition coefficient (Wildman–Crippen LogP) is 7.87. The minimum Gasteiger partial charge on any atom is -0.394 e. The molecule has 40 heavy (non-hydrogen) atoms. The van der Waals surface area contributed by atoms with Gasteiger partial charge in [0.25, 0.3) is 0 Å². The van der Waals surface area contributed by atoms with Crippen molar-refractivity contribution < 1.29 is 29.9 Å². The van der Waals surface area contributed by atoms with Crippen molar-refractivity contribution in [3.05, 3.63) is 0 Å². The fraction of sp³-hybridized carbons (Fsp3) is 1.00. The summed E-state index contributed by atoms with van der Waals surface area (Å²) in [6, 6.07) is 0. The topological polar surface area (TPSA) is 99.4 Å². The number of hydrogen-bond acceptors (Lipinski definition) is 6. The second kappa shape index (κ2) is 31.7. The van der Waals surface area contributed by atoms with Crippen LogP contribution in [0.2, 0.25) is 0 Å². The zero-order valence-electron chi connectivity index (χ0n) is 26.7. The maximum Gasteiger partial charge on any atom is 0.111 e. The standard InChI is InChI=1S/C34H70O6/c1-3-5-7-9-11-13-15-17-19-21-23-25-27-39-30-32(34(38)33(37)31(36)29-35)40-28-26-24-22-20-18-16-14-12-10-8-6-4-2/h31-38H,3-30H2,1-2H3/t31-,32-,33-,34-/m1/s1. The molecule has 242 valence electrons. The Bertz CT molecular complexity index is 477. The molecule has 0 aliphatic carbocycles. The Hall–Kier alpha value is -0.240. The average molecular weight is 575 g/mol. The highest BCUT2D eigenvalue weighted by atomic mass is 16.5. The molecule has 4 atom stereocenters. The van der Waals surface area contributed by atoms with Gasteiger partial charge in [-0.25, -0.2) is 0 Å². The van der Waals surface area contributed by atoms with Crippen molar-refractivity contribution in [3.8, 4) is 0 Å². The van der Waals surface area contributed by atoms with Crippen molar-refractivity contribution in [1.82, 2.24) is 0 Å². The van der Waals surface area contributed by atoms with E-state index in [1.54, 1.807) is 0 Å². The van der Waals surface area contributed by atoms with Crippen LogP contribution in [-0.4, -0.2) is 71.3 Å². The van der Waals surface area contributed by atoms with E-state index in [1.165, 1.54) is 128 Å². The lowest BCUT2D eigenvalue weighted by Gasteiger charge is -2.29. The molecule has 6 heteroatoms. The van der Waals surface area contributed by atoms with E-state index in [2.05, 4.69) is 13.8 Å². The van der Waals surface area contributed by atoms with E-state index in [0.717, 1.165) is 25.7 Å². The molecule has 0 aliphatic rings. The van der Waals surface area contributed by atoms with Crippen LogP contribution < -0.4 is 0 Å². The Morgan fingerprint density at radius 2 is 0.800 bits per heavy atom. The van der Waals surface area contributed by atoms with Gasteiger partial charge in [-0.3, -0.25) is 0 Å². The van der Waals surface area contributed by atoms with E-state index in [0.29, 0.717) is 13.2 Å². The number of hydrogen-bond donors (Lipinski definition) is 4. The minimum atomic E-state index is -1.47. The highest BCUT2D eigenvalue weighted by molar-refractivity contribution is 4.81. The summed E-state index contributed by atoms with van der Waals surface area (Å²) in [5, 5.41) is 39.6. The van der Waals surface area contributed by atoms with Crippen molar-refractivity contribution in [2.75, 3.05) is 26.4 Å². The second-order valence-electron chi connectivity index (χ2n) is 12.0. The van der Waals surface area contributed by atoms with Crippen LogP contribution in [0.1, 0.15) is 168 Å². The molecule has 0 saturated heterocycles. The Morgan fingerprint density at radius 1 is 0.450 bits per heavy atom. The largest absolute Gasteiger partial charge is 0.394 e. The Kier molecular flexibility index (Phi) is 31.5. The van der Waals surface area contributed by atoms with Crippen LogP contribution >= 0.6 is 0 Å². The summed E-state index contributed by atoms with van der Waals surface area (Å²) in [5.41, 5.74) is 0. The van der Waals surface area contributed by atoms with E-state index < -0.39 is 31.0 Å². The molecule has 0 rings (SSSR count). The predicted molar refractivity (Wildman–Crippen MR) is 168 cm³/mol. The van der Waals surface area contributed by atoms with E-state index in [4.69, 9.17) is 14.6 Å². The van der Waals surface area contributed by atoms with Gasteiger partial charge in [-0.05, 0) is 12.8 Å². The fourth-order valence-electron chi connectivity index (χ4n) is 5.22. The van der Waals surface area contributed by atoms with Crippen LogP contribution in [-0.2, 0) is 9.47 Å². The first-order chi connectivity index (χ1) is 19.6. The summed E-state index contributed by atoms with van der Waals surface area (Å²) in [5.74, 6) is 0. The highest BCUT2D eigenvalue weighted by Gasteiger charge is 2.32. The third-order valence-corrected chi connectivity index (χ3v) is 8.07. The quantitative estimate of drug-likeness (QED) is 0.0595. The second-order valence-corrected chi connectivity index (χ2v) is 12.0. The molecule has 0 fully saturated rings. The Labute approximate surface area is 248 Å². The normalized spacial score (nSPS) is 14.8. The zero-order chi connectivity index (χ0) is 29.5. The molecule has 0 heterocycles. The lowest BCUT2D eigenvalue weighted by Crippen LogP contribution is -2.48. The van der Waals surface area contributed by atoms with E-state index in [9.17, 15) is 15.3 Å². The summed E-state index contributed by atoms with van der Waals surface area (Å²) in [6.07, 6.45) is 25.8. The summed E-state index contributed by atoms with van der Waals surface area (Å²) in [4.78, 5) is 0. The van der Waals surface area contributed by atoms with Gasteiger partial charge in [-0.2, -0.15) is 0 Å².